The molecule has 0 unspecified atom stereocenters. The number of hydrogen-bond acceptors (Lipinski definition) is 8. The monoisotopic (exact) mass is 487 g/mol. The maximum Gasteiger partial charge on any atom is 0.277 e. The van der Waals surface area contributed by atoms with E-state index in [4.69, 9.17) is 30.2 Å². The Bertz CT molecular complexity index is 1130. The van der Waals surface area contributed by atoms with Gasteiger partial charge in [0.05, 0.1) is 5.75 Å². The van der Waals surface area contributed by atoms with Gasteiger partial charge in [0.25, 0.3) is 16.9 Å². The van der Waals surface area contributed by atoms with Crippen LogP contribution in [0, 0.1) is 0 Å². The summed E-state index contributed by atoms with van der Waals surface area (Å²) in [6.45, 7) is 0.125. The second kappa shape index (κ2) is 9.52. The molecule has 1 aliphatic heterocycles. The number of hydrogen-bond donors (Lipinski definition) is 1. The molecule has 1 N–H and O–H groups in total. The molecule has 10 heteroatoms. The number of nitrogens with zero attached hydrogens (tertiary/aromatic N) is 2. The van der Waals surface area contributed by atoms with E-state index in [-0.39, 0.29) is 18.3 Å². The summed E-state index contributed by atoms with van der Waals surface area (Å²) in [5, 5.41) is 11.7. The predicted molar refractivity (Wildman–Crippen MR) is 123 cm³/mol. The van der Waals surface area contributed by atoms with Crippen molar-refractivity contribution >= 4 is 35.0 Å². The molecule has 33 heavy (non-hydrogen) atoms. The maximum absolute atomic E-state index is 12.4. The molecule has 1 aromatic heterocycles. The summed E-state index contributed by atoms with van der Waals surface area (Å²) in [5.74, 6) is 1.76. The van der Waals surface area contributed by atoms with Crippen molar-refractivity contribution in [2.45, 2.75) is 49.7 Å². The van der Waals surface area contributed by atoms with Crippen LogP contribution in [0.15, 0.2) is 52.1 Å². The molecule has 1 amide bonds. The number of thioether (sulfide) groups is 1. The maximum atomic E-state index is 12.4. The number of rotatable bonds is 7. The molecule has 2 aromatic carbocycles. The van der Waals surface area contributed by atoms with Crippen molar-refractivity contribution in [3.05, 3.63) is 53.4 Å². The van der Waals surface area contributed by atoms with Crippen LogP contribution in [0.25, 0.3) is 0 Å². The third kappa shape index (κ3) is 5.36. The minimum atomic E-state index is -0.536. The van der Waals surface area contributed by atoms with Crippen LogP contribution in [0.2, 0.25) is 5.02 Å². The normalized spacial score (nSPS) is 16.0. The van der Waals surface area contributed by atoms with Crippen molar-refractivity contribution in [3.63, 3.8) is 0 Å². The minimum absolute atomic E-state index is 0.123. The lowest BCUT2D eigenvalue weighted by Crippen LogP contribution is -2.40. The molecule has 0 saturated heterocycles. The Balaban J connectivity index is 1.10. The van der Waals surface area contributed by atoms with Crippen molar-refractivity contribution in [2.75, 3.05) is 11.1 Å². The number of carbonyl (C=O) groups excluding carboxylic acids is 1. The predicted octanol–water partition coefficient (Wildman–Crippen LogP) is 5.46. The number of halogens is 1. The van der Waals surface area contributed by atoms with Gasteiger partial charge in [0.2, 0.25) is 5.91 Å². The average Bonchev–Trinajstić information content (AvgIpc) is 3.41. The average molecular weight is 488 g/mol. The number of anilines is 1. The molecule has 3 aromatic rings. The molecule has 5 rings (SSSR count). The zero-order valence-corrected chi connectivity index (χ0v) is 19.3. The fraction of sp³-hybridized carbons (Fsp3) is 0.348. The minimum Gasteiger partial charge on any atom is -0.484 e. The number of amides is 1. The standard InChI is InChI=1S/C23H22ClN3O5S/c24-15-4-7-17(8-5-15)29-13-21-26-27-22(30-21)33-14-20(28)25-16-6-9-18-19(12-16)32-23(31-18)10-2-1-3-11-23/h4-9,12H,1-3,10-11,13-14H2,(H,25,28). The number of ether oxygens (including phenoxy) is 3. The molecule has 172 valence electrons. The van der Waals surface area contributed by atoms with Crippen LogP contribution in [-0.4, -0.2) is 27.6 Å². The largest absolute Gasteiger partial charge is 0.484 e. The SMILES string of the molecule is O=C(CSc1nnc(COc2ccc(Cl)cc2)o1)Nc1ccc2c(c1)OC1(CCCCC1)O2. The quantitative estimate of drug-likeness (QED) is 0.438. The Morgan fingerprint density at radius 3 is 2.67 bits per heavy atom. The van der Waals surface area contributed by atoms with Gasteiger partial charge in [-0.15, -0.1) is 10.2 Å². The highest BCUT2D eigenvalue weighted by atomic mass is 35.5. The van der Waals surface area contributed by atoms with Crippen LogP contribution >= 0.6 is 23.4 Å². The molecule has 1 saturated carbocycles. The summed E-state index contributed by atoms with van der Waals surface area (Å²) in [4.78, 5) is 12.4. The van der Waals surface area contributed by atoms with Gasteiger partial charge in [0.15, 0.2) is 18.1 Å². The van der Waals surface area contributed by atoms with Gasteiger partial charge in [-0.2, -0.15) is 0 Å². The summed E-state index contributed by atoms with van der Waals surface area (Å²) in [5.41, 5.74) is 0.651. The fourth-order valence-corrected chi connectivity index (χ4v) is 4.53. The molecule has 2 heterocycles. The third-order valence-electron chi connectivity index (χ3n) is 5.39. The topological polar surface area (TPSA) is 95.7 Å². The van der Waals surface area contributed by atoms with Crippen LogP contribution in [0.3, 0.4) is 0 Å². The summed E-state index contributed by atoms with van der Waals surface area (Å²) in [6, 6.07) is 12.4. The Labute approximate surface area is 199 Å². The highest BCUT2D eigenvalue weighted by Gasteiger charge is 2.42. The second-order valence-corrected chi connectivity index (χ2v) is 9.24. The molecule has 0 bridgehead atoms. The van der Waals surface area contributed by atoms with E-state index < -0.39 is 5.79 Å². The highest BCUT2D eigenvalue weighted by molar-refractivity contribution is 7.99. The number of aromatic nitrogens is 2. The molecule has 0 atom stereocenters. The first-order chi connectivity index (χ1) is 16.1. The first-order valence-electron chi connectivity index (χ1n) is 10.7. The van der Waals surface area contributed by atoms with E-state index in [0.717, 1.165) is 43.2 Å². The number of benzene rings is 2. The Morgan fingerprint density at radius 1 is 1.06 bits per heavy atom. The molecule has 2 aliphatic rings. The third-order valence-corrected chi connectivity index (χ3v) is 6.46. The number of carbonyl (C=O) groups is 1. The van der Waals surface area contributed by atoms with Crippen LogP contribution < -0.4 is 19.5 Å². The fourth-order valence-electron chi connectivity index (χ4n) is 3.82. The molecule has 1 fully saturated rings. The van der Waals surface area contributed by atoms with Crippen molar-refractivity contribution in [1.29, 1.82) is 0 Å². The zero-order chi connectivity index (χ0) is 22.7. The van der Waals surface area contributed by atoms with E-state index in [9.17, 15) is 4.79 Å². The lowest BCUT2D eigenvalue weighted by atomic mass is 9.94. The molecule has 0 radical (unpaired) electrons. The molecule has 1 aliphatic carbocycles. The van der Waals surface area contributed by atoms with Gasteiger partial charge in [0.1, 0.15) is 5.75 Å². The van der Waals surface area contributed by atoms with Crippen molar-refractivity contribution in [1.82, 2.24) is 10.2 Å². The van der Waals surface area contributed by atoms with Gasteiger partial charge in [-0.25, -0.2) is 0 Å². The highest BCUT2D eigenvalue weighted by Crippen LogP contribution is 2.46. The summed E-state index contributed by atoms with van der Waals surface area (Å²) >= 11 is 7.01. The van der Waals surface area contributed by atoms with E-state index in [2.05, 4.69) is 15.5 Å². The molecule has 8 nitrogen and oxygen atoms in total. The Morgan fingerprint density at radius 2 is 1.85 bits per heavy atom. The molecular weight excluding hydrogens is 466 g/mol. The van der Waals surface area contributed by atoms with Gasteiger partial charge in [0, 0.05) is 29.6 Å². The summed E-state index contributed by atoms with van der Waals surface area (Å²) in [7, 11) is 0. The number of nitrogens with one attached hydrogen (secondary N) is 1. The van der Waals surface area contributed by atoms with Crippen molar-refractivity contribution < 1.29 is 23.4 Å². The van der Waals surface area contributed by atoms with Gasteiger partial charge in [-0.3, -0.25) is 4.79 Å². The van der Waals surface area contributed by atoms with E-state index in [0.29, 0.717) is 33.3 Å². The van der Waals surface area contributed by atoms with E-state index in [1.807, 2.05) is 12.1 Å². The first kappa shape index (κ1) is 21.9. The summed E-state index contributed by atoms with van der Waals surface area (Å²) < 4.78 is 23.3. The van der Waals surface area contributed by atoms with Crippen LogP contribution in [0.5, 0.6) is 17.2 Å². The Kier molecular flexibility index (Phi) is 6.32. The zero-order valence-electron chi connectivity index (χ0n) is 17.7. The second-order valence-electron chi connectivity index (χ2n) is 7.88. The van der Waals surface area contributed by atoms with Gasteiger partial charge < -0.3 is 23.9 Å². The smallest absolute Gasteiger partial charge is 0.277 e. The van der Waals surface area contributed by atoms with E-state index in [1.54, 1.807) is 30.3 Å². The van der Waals surface area contributed by atoms with E-state index in [1.165, 1.54) is 6.42 Å². The Hall–Kier alpha value is -2.91. The van der Waals surface area contributed by atoms with E-state index >= 15 is 0 Å². The van der Waals surface area contributed by atoms with Crippen LogP contribution in [-0.2, 0) is 11.4 Å². The lowest BCUT2D eigenvalue weighted by Gasteiger charge is -2.31. The molecule has 1 spiro atoms. The first-order valence-corrected chi connectivity index (χ1v) is 12.1. The van der Waals surface area contributed by atoms with Gasteiger partial charge >= 0.3 is 0 Å². The lowest BCUT2D eigenvalue weighted by molar-refractivity contribution is -0.113. The van der Waals surface area contributed by atoms with Crippen molar-refractivity contribution in [2.24, 2.45) is 0 Å². The van der Waals surface area contributed by atoms with Crippen LogP contribution in [0.1, 0.15) is 38.0 Å². The van der Waals surface area contributed by atoms with Crippen LogP contribution in [0.4, 0.5) is 5.69 Å². The van der Waals surface area contributed by atoms with Gasteiger partial charge in [-0.05, 0) is 49.2 Å². The van der Waals surface area contributed by atoms with Crippen molar-refractivity contribution in [3.8, 4) is 17.2 Å². The molecular formula is C23H22ClN3O5S. The summed E-state index contributed by atoms with van der Waals surface area (Å²) in [6.07, 6.45) is 5.17. The van der Waals surface area contributed by atoms with Gasteiger partial charge in [-0.1, -0.05) is 29.8 Å². The number of fused-ring (bicyclic) bond motifs is 1.